The molecule has 4 heteroatoms. The zero-order valence-corrected chi connectivity index (χ0v) is 11.2. The normalized spacial score (nSPS) is 10.7. The van der Waals surface area contributed by atoms with Crippen molar-refractivity contribution in [1.29, 1.82) is 0 Å². The van der Waals surface area contributed by atoms with Gasteiger partial charge in [-0.2, -0.15) is 5.10 Å². The molecule has 0 unspecified atom stereocenters. The molecule has 18 heavy (non-hydrogen) atoms. The van der Waals surface area contributed by atoms with Gasteiger partial charge in [0.1, 0.15) is 11.5 Å². The topological polar surface area (TPSA) is 36.3 Å². The molecule has 0 aliphatic rings. The highest BCUT2D eigenvalue weighted by Crippen LogP contribution is 2.34. The Balaban J connectivity index is 2.57. The lowest BCUT2D eigenvalue weighted by Gasteiger charge is -2.14. The van der Waals surface area contributed by atoms with Crippen LogP contribution in [0.5, 0.6) is 11.5 Å². The van der Waals surface area contributed by atoms with Crippen LogP contribution in [0.2, 0.25) is 0 Å². The van der Waals surface area contributed by atoms with Gasteiger partial charge in [-0.3, -0.25) is 4.68 Å². The molecule has 1 aromatic heterocycles. The summed E-state index contributed by atoms with van der Waals surface area (Å²) in [5.74, 6) is 1.63. The van der Waals surface area contributed by atoms with Crippen molar-refractivity contribution in [3.05, 3.63) is 30.5 Å². The first kappa shape index (κ1) is 12.5. The van der Waals surface area contributed by atoms with Crippen molar-refractivity contribution >= 4 is 0 Å². The highest BCUT2D eigenvalue weighted by atomic mass is 16.5. The second-order valence-electron chi connectivity index (χ2n) is 4.32. The molecule has 4 nitrogen and oxygen atoms in total. The molecular weight excluding hydrogens is 228 g/mol. The zero-order valence-electron chi connectivity index (χ0n) is 11.2. The maximum Gasteiger partial charge on any atom is 0.128 e. The fraction of sp³-hybridized carbons (Fsp3) is 0.357. The number of hydrogen-bond donors (Lipinski definition) is 0. The van der Waals surface area contributed by atoms with Gasteiger partial charge in [-0.15, -0.1) is 0 Å². The van der Waals surface area contributed by atoms with E-state index in [-0.39, 0.29) is 0 Å². The van der Waals surface area contributed by atoms with Crippen molar-refractivity contribution in [2.75, 3.05) is 14.2 Å². The summed E-state index contributed by atoms with van der Waals surface area (Å²) in [6.45, 7) is 4.20. The minimum atomic E-state index is 0.297. The van der Waals surface area contributed by atoms with Crippen LogP contribution in [-0.4, -0.2) is 24.0 Å². The summed E-state index contributed by atoms with van der Waals surface area (Å²) in [6, 6.07) is 8.04. The average Bonchev–Trinajstić information content (AvgIpc) is 2.87. The summed E-state index contributed by atoms with van der Waals surface area (Å²) in [5.41, 5.74) is 2.02. The van der Waals surface area contributed by atoms with Gasteiger partial charge in [-0.05, 0) is 38.1 Å². The van der Waals surface area contributed by atoms with Gasteiger partial charge in [0.2, 0.25) is 0 Å². The van der Waals surface area contributed by atoms with E-state index in [9.17, 15) is 0 Å². The minimum absolute atomic E-state index is 0.297. The first-order chi connectivity index (χ1) is 8.67. The standard InChI is InChI=1S/C14H18N2O2/c1-10(2)16-13(7-8-15-16)12-9-11(17-3)5-6-14(12)18-4/h5-10H,1-4H3. The van der Waals surface area contributed by atoms with Crippen molar-refractivity contribution in [2.24, 2.45) is 0 Å². The first-order valence-electron chi connectivity index (χ1n) is 5.93. The number of ether oxygens (including phenoxy) is 2. The van der Waals surface area contributed by atoms with Gasteiger partial charge < -0.3 is 9.47 Å². The molecule has 0 N–H and O–H groups in total. The van der Waals surface area contributed by atoms with E-state index in [1.54, 1.807) is 20.4 Å². The molecule has 1 heterocycles. The molecule has 0 aliphatic carbocycles. The monoisotopic (exact) mass is 246 g/mol. The van der Waals surface area contributed by atoms with Crippen LogP contribution in [0.3, 0.4) is 0 Å². The molecule has 0 bridgehead atoms. The van der Waals surface area contributed by atoms with Crippen molar-refractivity contribution < 1.29 is 9.47 Å². The second kappa shape index (κ2) is 5.12. The smallest absolute Gasteiger partial charge is 0.128 e. The van der Waals surface area contributed by atoms with E-state index in [1.165, 1.54) is 0 Å². The Kier molecular flexibility index (Phi) is 3.55. The number of methoxy groups -OCH3 is 2. The Morgan fingerprint density at radius 1 is 1.11 bits per heavy atom. The Labute approximate surface area is 107 Å². The number of nitrogens with zero attached hydrogens (tertiary/aromatic N) is 2. The minimum Gasteiger partial charge on any atom is -0.497 e. The predicted molar refractivity (Wildman–Crippen MR) is 71.2 cm³/mol. The van der Waals surface area contributed by atoms with Gasteiger partial charge >= 0.3 is 0 Å². The summed E-state index contributed by atoms with van der Waals surface area (Å²) in [5, 5.41) is 4.34. The van der Waals surface area contributed by atoms with Crippen LogP contribution in [0.15, 0.2) is 30.5 Å². The Morgan fingerprint density at radius 2 is 1.89 bits per heavy atom. The summed E-state index contributed by atoms with van der Waals surface area (Å²) in [7, 11) is 3.33. The van der Waals surface area contributed by atoms with E-state index >= 15 is 0 Å². The summed E-state index contributed by atoms with van der Waals surface area (Å²) < 4.78 is 12.6. The Morgan fingerprint density at radius 3 is 2.50 bits per heavy atom. The number of rotatable bonds is 4. The van der Waals surface area contributed by atoms with Crippen LogP contribution < -0.4 is 9.47 Å². The molecule has 2 rings (SSSR count). The molecule has 2 aromatic rings. The maximum atomic E-state index is 5.41. The van der Waals surface area contributed by atoms with Crippen molar-refractivity contribution in [1.82, 2.24) is 9.78 Å². The summed E-state index contributed by atoms with van der Waals surface area (Å²) in [6.07, 6.45) is 1.80. The second-order valence-corrected chi connectivity index (χ2v) is 4.32. The number of benzene rings is 1. The van der Waals surface area contributed by atoms with Gasteiger partial charge in [-0.25, -0.2) is 0 Å². The van der Waals surface area contributed by atoms with Crippen molar-refractivity contribution in [3.8, 4) is 22.8 Å². The molecule has 1 aromatic carbocycles. The molecule has 0 radical (unpaired) electrons. The van der Waals surface area contributed by atoms with Crippen LogP contribution >= 0.6 is 0 Å². The van der Waals surface area contributed by atoms with Crippen LogP contribution in [-0.2, 0) is 0 Å². The molecule has 0 atom stereocenters. The van der Waals surface area contributed by atoms with Gasteiger partial charge in [0, 0.05) is 17.8 Å². The van der Waals surface area contributed by atoms with E-state index in [0.29, 0.717) is 6.04 Å². The van der Waals surface area contributed by atoms with Gasteiger partial charge in [0.15, 0.2) is 0 Å². The Bertz CT molecular complexity index is 532. The van der Waals surface area contributed by atoms with Gasteiger partial charge in [-0.1, -0.05) is 0 Å². The maximum absolute atomic E-state index is 5.41. The van der Waals surface area contributed by atoms with Crippen LogP contribution in [0, 0.1) is 0 Å². The van der Waals surface area contributed by atoms with Crippen LogP contribution in [0.1, 0.15) is 19.9 Å². The fourth-order valence-corrected chi connectivity index (χ4v) is 1.95. The molecular formula is C14H18N2O2. The van der Waals surface area contributed by atoms with Gasteiger partial charge in [0.05, 0.1) is 19.9 Å². The quantitative estimate of drug-likeness (QED) is 0.831. The Hall–Kier alpha value is -1.97. The number of aromatic nitrogens is 2. The van der Waals surface area contributed by atoms with Crippen molar-refractivity contribution in [3.63, 3.8) is 0 Å². The van der Waals surface area contributed by atoms with E-state index in [4.69, 9.17) is 9.47 Å². The molecule has 0 amide bonds. The highest BCUT2D eigenvalue weighted by molar-refractivity contribution is 5.69. The zero-order chi connectivity index (χ0) is 13.1. The van der Waals surface area contributed by atoms with Crippen LogP contribution in [0.25, 0.3) is 11.3 Å². The lowest BCUT2D eigenvalue weighted by Crippen LogP contribution is -2.05. The third-order valence-electron chi connectivity index (χ3n) is 2.84. The summed E-state index contributed by atoms with van der Waals surface area (Å²) >= 11 is 0. The molecule has 0 spiro atoms. The largest absolute Gasteiger partial charge is 0.497 e. The van der Waals surface area contributed by atoms with E-state index in [1.807, 2.05) is 28.9 Å². The van der Waals surface area contributed by atoms with Crippen LogP contribution in [0.4, 0.5) is 0 Å². The SMILES string of the molecule is COc1ccc(OC)c(-c2ccnn2C(C)C)c1. The summed E-state index contributed by atoms with van der Waals surface area (Å²) in [4.78, 5) is 0. The predicted octanol–water partition coefficient (Wildman–Crippen LogP) is 3.15. The van der Waals surface area contributed by atoms with E-state index in [2.05, 4.69) is 18.9 Å². The molecule has 0 fully saturated rings. The molecule has 0 aliphatic heterocycles. The number of hydrogen-bond acceptors (Lipinski definition) is 3. The van der Waals surface area contributed by atoms with E-state index in [0.717, 1.165) is 22.8 Å². The third kappa shape index (κ3) is 2.18. The lowest BCUT2D eigenvalue weighted by atomic mass is 10.1. The molecule has 0 saturated carbocycles. The first-order valence-corrected chi connectivity index (χ1v) is 5.93. The van der Waals surface area contributed by atoms with E-state index < -0.39 is 0 Å². The van der Waals surface area contributed by atoms with Gasteiger partial charge in [0.25, 0.3) is 0 Å². The third-order valence-corrected chi connectivity index (χ3v) is 2.84. The lowest BCUT2D eigenvalue weighted by molar-refractivity contribution is 0.403. The molecule has 0 saturated heterocycles. The average molecular weight is 246 g/mol. The highest BCUT2D eigenvalue weighted by Gasteiger charge is 2.13. The fourth-order valence-electron chi connectivity index (χ4n) is 1.95. The van der Waals surface area contributed by atoms with Crippen molar-refractivity contribution in [2.45, 2.75) is 19.9 Å². The molecule has 96 valence electrons.